The molecule has 0 spiro atoms. The van der Waals surface area contributed by atoms with Crippen LogP contribution in [0.15, 0.2) is 52.9 Å². The van der Waals surface area contributed by atoms with Crippen LogP contribution in [0.4, 0.5) is 17.6 Å². The van der Waals surface area contributed by atoms with Crippen molar-refractivity contribution in [2.45, 2.75) is 36.9 Å². The van der Waals surface area contributed by atoms with E-state index in [0.717, 1.165) is 69.7 Å². The lowest BCUT2D eigenvalue weighted by atomic mass is 10.2. The number of carbonyl (C=O) groups excluding carboxylic acids is 1. The van der Waals surface area contributed by atoms with Crippen molar-refractivity contribution in [1.82, 2.24) is 19.9 Å². The lowest BCUT2D eigenvalue weighted by molar-refractivity contribution is 0.102. The molecular formula is C27H31N7OS2. The minimum absolute atomic E-state index is 0.120. The molecule has 2 fully saturated rings. The number of thioether (sulfide) groups is 1. The van der Waals surface area contributed by atoms with Gasteiger partial charge in [-0.25, -0.2) is 4.98 Å². The normalized spacial score (nSPS) is 15.2. The van der Waals surface area contributed by atoms with Gasteiger partial charge in [-0.3, -0.25) is 4.79 Å². The van der Waals surface area contributed by atoms with E-state index in [2.05, 4.69) is 29.7 Å². The number of anilines is 3. The van der Waals surface area contributed by atoms with E-state index in [9.17, 15) is 4.79 Å². The number of nitrogens with two attached hydrogens (primary N) is 1. The third-order valence-corrected chi connectivity index (χ3v) is 8.48. The summed E-state index contributed by atoms with van der Waals surface area (Å²) in [5.41, 5.74) is 8.15. The number of aromatic nitrogens is 4. The van der Waals surface area contributed by atoms with Gasteiger partial charge in [0.2, 0.25) is 11.9 Å². The van der Waals surface area contributed by atoms with Crippen LogP contribution in [-0.2, 0) is 0 Å². The zero-order valence-electron chi connectivity index (χ0n) is 21.0. The number of nitrogens with zero attached hydrogens (tertiary/aromatic N) is 6. The molecule has 0 amide bonds. The third-order valence-electron chi connectivity index (χ3n) is 6.32. The molecule has 2 aromatic heterocycles. The van der Waals surface area contributed by atoms with Crippen LogP contribution in [0.25, 0.3) is 10.2 Å². The van der Waals surface area contributed by atoms with Gasteiger partial charge in [-0.1, -0.05) is 42.1 Å². The number of nitrogen functional groups attached to an aromatic ring is 1. The number of Topliss-reactive ketones (excluding diaryl/α,β-unsaturated/α-hetero) is 1. The fourth-order valence-electron chi connectivity index (χ4n) is 4.39. The fraction of sp³-hybridized carbons (Fsp3) is 0.370. The predicted octanol–water partition coefficient (Wildman–Crippen LogP) is 5.23. The van der Waals surface area contributed by atoms with Crippen LogP contribution in [0, 0.1) is 6.92 Å². The van der Waals surface area contributed by atoms with E-state index in [0.29, 0.717) is 5.75 Å². The van der Waals surface area contributed by atoms with Crippen LogP contribution < -0.4 is 15.5 Å². The summed E-state index contributed by atoms with van der Waals surface area (Å²) in [4.78, 5) is 34.6. The molecule has 2 aliphatic heterocycles. The van der Waals surface area contributed by atoms with Crippen LogP contribution in [0.1, 0.15) is 41.9 Å². The Hall–Kier alpha value is -3.24. The van der Waals surface area contributed by atoms with Gasteiger partial charge in [0.05, 0.1) is 16.0 Å². The highest BCUT2D eigenvalue weighted by Crippen LogP contribution is 2.31. The maximum Gasteiger partial charge on any atom is 0.230 e. The number of carbonyl (C=O) groups is 1. The van der Waals surface area contributed by atoms with Crippen LogP contribution in [0.2, 0.25) is 0 Å². The monoisotopic (exact) mass is 533 g/mol. The largest absolute Gasteiger partial charge is 0.399 e. The SMILES string of the molecule is Cc1nc(N2CCCC2)nc(N2CCCC2)n1.Nc1ccc2nc(SCC(=O)c3ccccc3)sc2c1. The van der Waals surface area contributed by atoms with Crippen LogP contribution in [0.3, 0.4) is 0 Å². The molecule has 10 heteroatoms. The molecule has 0 bridgehead atoms. The first-order valence-electron chi connectivity index (χ1n) is 12.6. The number of hydrogen-bond acceptors (Lipinski definition) is 10. The van der Waals surface area contributed by atoms with Gasteiger partial charge in [0, 0.05) is 37.4 Å². The summed E-state index contributed by atoms with van der Waals surface area (Å²) in [6.07, 6.45) is 5.01. The fourth-order valence-corrected chi connectivity index (χ4v) is 6.40. The number of ketones is 1. The minimum Gasteiger partial charge on any atom is -0.399 e. The molecule has 0 radical (unpaired) electrons. The highest BCUT2D eigenvalue weighted by Gasteiger charge is 2.20. The summed E-state index contributed by atoms with van der Waals surface area (Å²) < 4.78 is 1.95. The van der Waals surface area contributed by atoms with Crippen molar-refractivity contribution in [1.29, 1.82) is 0 Å². The van der Waals surface area contributed by atoms with Gasteiger partial charge in [-0.05, 0) is 50.8 Å². The number of fused-ring (bicyclic) bond motifs is 1. The Morgan fingerprint density at radius 3 is 2.14 bits per heavy atom. The molecular weight excluding hydrogens is 502 g/mol. The van der Waals surface area contributed by atoms with E-state index in [-0.39, 0.29) is 5.78 Å². The zero-order valence-corrected chi connectivity index (χ0v) is 22.6. The molecule has 0 atom stereocenters. The van der Waals surface area contributed by atoms with Gasteiger partial charge in [0.25, 0.3) is 0 Å². The molecule has 0 saturated carbocycles. The Balaban J connectivity index is 0.000000153. The third kappa shape index (κ3) is 6.56. The number of thiazole rings is 1. The summed E-state index contributed by atoms with van der Waals surface area (Å²) in [5, 5.41) is 0. The molecule has 0 unspecified atom stereocenters. The van der Waals surface area contributed by atoms with Gasteiger partial charge in [0.15, 0.2) is 10.1 Å². The van der Waals surface area contributed by atoms with Gasteiger partial charge < -0.3 is 15.5 Å². The van der Waals surface area contributed by atoms with Crippen molar-refractivity contribution in [2.24, 2.45) is 0 Å². The summed E-state index contributed by atoms with van der Waals surface area (Å²) in [6, 6.07) is 15.0. The van der Waals surface area contributed by atoms with Crippen LogP contribution in [-0.4, -0.2) is 57.7 Å². The molecule has 4 aromatic rings. The smallest absolute Gasteiger partial charge is 0.230 e. The Kier molecular flexibility index (Phi) is 8.15. The highest BCUT2D eigenvalue weighted by atomic mass is 32.2. The number of rotatable bonds is 6. The molecule has 37 heavy (non-hydrogen) atoms. The lowest BCUT2D eigenvalue weighted by Gasteiger charge is -2.19. The molecule has 2 N–H and O–H groups in total. The van der Waals surface area contributed by atoms with E-state index >= 15 is 0 Å². The molecule has 192 valence electrons. The highest BCUT2D eigenvalue weighted by molar-refractivity contribution is 8.01. The van der Waals surface area contributed by atoms with Gasteiger partial charge in [-0.2, -0.15) is 15.0 Å². The molecule has 6 rings (SSSR count). The van der Waals surface area contributed by atoms with Crippen molar-refractivity contribution < 1.29 is 4.79 Å². The molecule has 0 aliphatic carbocycles. The number of hydrogen-bond donors (Lipinski definition) is 1. The Morgan fingerprint density at radius 2 is 1.51 bits per heavy atom. The van der Waals surface area contributed by atoms with Gasteiger partial charge in [0.1, 0.15) is 5.82 Å². The van der Waals surface area contributed by atoms with Crippen molar-refractivity contribution in [3.63, 3.8) is 0 Å². The van der Waals surface area contributed by atoms with E-state index in [1.165, 1.54) is 37.4 Å². The zero-order chi connectivity index (χ0) is 25.6. The number of aryl methyl sites for hydroxylation is 1. The Bertz CT molecular complexity index is 1320. The predicted molar refractivity (Wildman–Crippen MR) is 153 cm³/mol. The summed E-state index contributed by atoms with van der Waals surface area (Å²) in [7, 11) is 0. The molecule has 8 nitrogen and oxygen atoms in total. The average Bonchev–Trinajstić information content (AvgIpc) is 3.70. The standard InChI is InChI=1S/C15H12N2OS2.C12H19N5/c16-11-6-7-12-14(8-11)20-15(17-12)19-9-13(18)10-4-2-1-3-5-10;1-10-13-11(16-6-2-3-7-16)15-12(14-10)17-8-4-5-9-17/h1-8H,9,16H2;2-9H2,1H3. The first kappa shape index (κ1) is 25.4. The van der Waals surface area contributed by atoms with E-state index in [4.69, 9.17) is 5.73 Å². The topological polar surface area (TPSA) is 101 Å². The van der Waals surface area contributed by atoms with E-state index < -0.39 is 0 Å². The van der Waals surface area contributed by atoms with Crippen molar-refractivity contribution in [3.05, 3.63) is 59.9 Å². The molecule has 2 saturated heterocycles. The molecule has 4 heterocycles. The second-order valence-electron chi connectivity index (χ2n) is 9.16. The lowest BCUT2D eigenvalue weighted by Crippen LogP contribution is -2.25. The summed E-state index contributed by atoms with van der Waals surface area (Å²) >= 11 is 3.04. The van der Waals surface area contributed by atoms with E-state index in [1.807, 2.05) is 55.5 Å². The van der Waals surface area contributed by atoms with Crippen molar-refractivity contribution in [3.8, 4) is 0 Å². The molecule has 2 aromatic carbocycles. The van der Waals surface area contributed by atoms with Crippen molar-refractivity contribution in [2.75, 3.05) is 47.5 Å². The molecule has 2 aliphatic rings. The second-order valence-corrected chi connectivity index (χ2v) is 11.4. The van der Waals surface area contributed by atoms with Gasteiger partial charge >= 0.3 is 0 Å². The van der Waals surface area contributed by atoms with Crippen LogP contribution in [0.5, 0.6) is 0 Å². The summed E-state index contributed by atoms with van der Waals surface area (Å²) in [5.74, 6) is 3.10. The Labute approximate surface area is 225 Å². The summed E-state index contributed by atoms with van der Waals surface area (Å²) in [6.45, 7) is 6.30. The number of benzene rings is 2. The van der Waals surface area contributed by atoms with Crippen molar-refractivity contribution >= 4 is 56.7 Å². The maximum atomic E-state index is 12.0. The quantitative estimate of drug-likeness (QED) is 0.203. The maximum absolute atomic E-state index is 12.0. The van der Waals surface area contributed by atoms with Crippen LogP contribution >= 0.6 is 23.1 Å². The first-order valence-corrected chi connectivity index (χ1v) is 14.4. The van der Waals surface area contributed by atoms with E-state index in [1.54, 1.807) is 11.3 Å². The minimum atomic E-state index is 0.120. The van der Waals surface area contributed by atoms with Gasteiger partial charge in [-0.15, -0.1) is 11.3 Å². The average molecular weight is 534 g/mol. The first-order chi connectivity index (χ1) is 18.0. The Morgan fingerprint density at radius 1 is 0.892 bits per heavy atom. The second kappa shape index (κ2) is 11.9.